The van der Waals surface area contributed by atoms with E-state index >= 15 is 0 Å². The van der Waals surface area contributed by atoms with Crippen LogP contribution in [0.2, 0.25) is 0 Å². The summed E-state index contributed by atoms with van der Waals surface area (Å²) in [5.41, 5.74) is 3.35. The van der Waals surface area contributed by atoms with Crippen molar-refractivity contribution < 1.29 is 4.79 Å². The van der Waals surface area contributed by atoms with E-state index in [4.69, 9.17) is 0 Å². The zero-order valence-electron chi connectivity index (χ0n) is 12.5. The number of aromatic nitrogens is 4. The van der Waals surface area contributed by atoms with Crippen molar-refractivity contribution in [3.8, 4) is 11.3 Å². The van der Waals surface area contributed by atoms with Gasteiger partial charge in [0.2, 0.25) is 0 Å². The molecule has 0 radical (unpaired) electrons. The van der Waals surface area contributed by atoms with Crippen LogP contribution in [0.3, 0.4) is 0 Å². The van der Waals surface area contributed by atoms with Crippen molar-refractivity contribution in [3.05, 3.63) is 59.8 Å². The summed E-state index contributed by atoms with van der Waals surface area (Å²) < 4.78 is 1.57. The fourth-order valence-corrected chi connectivity index (χ4v) is 2.29. The normalized spacial score (nSPS) is 10.6. The monoisotopic (exact) mass is 295 g/mol. The molecule has 0 bridgehead atoms. The first kappa shape index (κ1) is 14.1. The van der Waals surface area contributed by atoms with Gasteiger partial charge in [0.05, 0.1) is 24.1 Å². The van der Waals surface area contributed by atoms with Crippen LogP contribution < -0.4 is 5.32 Å². The summed E-state index contributed by atoms with van der Waals surface area (Å²) in [6, 6.07) is 11.7. The lowest BCUT2D eigenvalue weighted by Gasteiger charge is -2.03. The van der Waals surface area contributed by atoms with Crippen molar-refractivity contribution in [3.63, 3.8) is 0 Å². The fourth-order valence-electron chi connectivity index (χ4n) is 2.29. The Balaban J connectivity index is 1.66. The number of nitrogens with one attached hydrogen (secondary N) is 2. The number of H-pyrrole nitrogens is 1. The van der Waals surface area contributed by atoms with Gasteiger partial charge in [0.15, 0.2) is 0 Å². The molecule has 1 amide bonds. The van der Waals surface area contributed by atoms with Crippen LogP contribution in [0.25, 0.3) is 11.3 Å². The Hall–Kier alpha value is -2.89. The highest BCUT2D eigenvalue weighted by Crippen LogP contribution is 2.15. The topological polar surface area (TPSA) is 75.6 Å². The fraction of sp³-hybridized carbons (Fsp3) is 0.188. The van der Waals surface area contributed by atoms with Crippen LogP contribution in [-0.2, 0) is 13.6 Å². The average Bonchev–Trinajstić information content (AvgIpc) is 3.12. The van der Waals surface area contributed by atoms with Crippen LogP contribution in [0.1, 0.15) is 22.0 Å². The van der Waals surface area contributed by atoms with Gasteiger partial charge < -0.3 is 10.3 Å². The van der Waals surface area contributed by atoms with Crippen LogP contribution in [0, 0.1) is 6.92 Å². The molecule has 2 N–H and O–H groups in total. The lowest BCUT2D eigenvalue weighted by Crippen LogP contribution is -2.25. The lowest BCUT2D eigenvalue weighted by atomic mass is 10.2. The SMILES string of the molecule is Cc1cc(C(=O)NCc2ncc(-c3ccccc3)[nH]2)n(C)n1. The zero-order valence-corrected chi connectivity index (χ0v) is 12.5. The number of amides is 1. The van der Waals surface area contributed by atoms with E-state index in [1.54, 1.807) is 24.0 Å². The molecule has 0 aliphatic rings. The molecule has 2 aromatic heterocycles. The Bertz CT molecular complexity index is 788. The van der Waals surface area contributed by atoms with E-state index in [9.17, 15) is 4.79 Å². The van der Waals surface area contributed by atoms with Gasteiger partial charge in [-0.15, -0.1) is 0 Å². The van der Waals surface area contributed by atoms with Gasteiger partial charge in [-0.05, 0) is 18.6 Å². The van der Waals surface area contributed by atoms with Crippen LogP contribution in [-0.4, -0.2) is 25.7 Å². The third kappa shape index (κ3) is 2.90. The molecule has 0 spiro atoms. The van der Waals surface area contributed by atoms with Crippen molar-refractivity contribution in [1.82, 2.24) is 25.1 Å². The Labute approximate surface area is 128 Å². The molecule has 6 nitrogen and oxygen atoms in total. The summed E-state index contributed by atoms with van der Waals surface area (Å²) in [5, 5.41) is 7.00. The van der Waals surface area contributed by atoms with Crippen LogP contribution >= 0.6 is 0 Å². The quantitative estimate of drug-likeness (QED) is 0.773. The number of carbonyl (C=O) groups excluding carboxylic acids is 1. The first-order chi connectivity index (χ1) is 10.6. The van der Waals surface area contributed by atoms with Gasteiger partial charge in [-0.2, -0.15) is 5.10 Å². The minimum absolute atomic E-state index is 0.166. The third-order valence-corrected chi connectivity index (χ3v) is 3.36. The standard InChI is InChI=1S/C16H17N5O/c1-11-8-14(21(2)20-11)16(22)18-10-15-17-9-13(19-15)12-6-4-3-5-7-12/h3-9H,10H2,1-2H3,(H,17,19)(H,18,22). The van der Waals surface area contributed by atoms with E-state index in [1.165, 1.54) is 0 Å². The van der Waals surface area contributed by atoms with Gasteiger partial charge in [0.1, 0.15) is 11.5 Å². The predicted octanol–water partition coefficient (Wildman–Crippen LogP) is 2.05. The molecule has 3 aromatic rings. The lowest BCUT2D eigenvalue weighted by molar-refractivity contribution is 0.0940. The zero-order chi connectivity index (χ0) is 15.5. The molecular formula is C16H17N5O. The first-order valence-corrected chi connectivity index (χ1v) is 7.01. The molecule has 0 aliphatic heterocycles. The number of rotatable bonds is 4. The molecular weight excluding hydrogens is 278 g/mol. The highest BCUT2D eigenvalue weighted by Gasteiger charge is 2.12. The smallest absolute Gasteiger partial charge is 0.269 e. The largest absolute Gasteiger partial charge is 0.343 e. The number of hydrogen-bond donors (Lipinski definition) is 2. The summed E-state index contributed by atoms with van der Waals surface area (Å²) in [5.74, 6) is 0.548. The molecule has 0 atom stereocenters. The molecule has 0 unspecified atom stereocenters. The van der Waals surface area contributed by atoms with Crippen LogP contribution in [0.4, 0.5) is 0 Å². The molecule has 3 rings (SSSR count). The van der Waals surface area contributed by atoms with Gasteiger partial charge in [-0.3, -0.25) is 9.48 Å². The maximum Gasteiger partial charge on any atom is 0.269 e. The summed E-state index contributed by atoms with van der Waals surface area (Å²) >= 11 is 0. The molecule has 2 heterocycles. The molecule has 0 fully saturated rings. The van der Waals surface area contributed by atoms with E-state index in [-0.39, 0.29) is 5.91 Å². The summed E-state index contributed by atoms with van der Waals surface area (Å²) in [6.45, 7) is 2.20. The number of aromatic amines is 1. The average molecular weight is 295 g/mol. The van der Waals surface area contributed by atoms with E-state index in [0.717, 1.165) is 17.0 Å². The number of nitrogens with zero attached hydrogens (tertiary/aromatic N) is 3. The van der Waals surface area contributed by atoms with E-state index in [2.05, 4.69) is 20.4 Å². The van der Waals surface area contributed by atoms with Crippen molar-refractivity contribution in [2.24, 2.45) is 7.05 Å². The van der Waals surface area contributed by atoms with Crippen molar-refractivity contribution in [1.29, 1.82) is 0 Å². The van der Waals surface area contributed by atoms with Gasteiger partial charge in [0, 0.05) is 7.05 Å². The molecule has 1 aromatic carbocycles. The summed E-state index contributed by atoms with van der Waals surface area (Å²) in [7, 11) is 1.75. The van der Waals surface area contributed by atoms with Crippen molar-refractivity contribution in [2.75, 3.05) is 0 Å². The minimum Gasteiger partial charge on any atom is -0.343 e. The van der Waals surface area contributed by atoms with Crippen molar-refractivity contribution in [2.45, 2.75) is 13.5 Å². The Kier molecular flexibility index (Phi) is 3.74. The van der Waals surface area contributed by atoms with Crippen LogP contribution in [0.5, 0.6) is 0 Å². The number of imidazole rings is 1. The number of hydrogen-bond acceptors (Lipinski definition) is 3. The summed E-state index contributed by atoms with van der Waals surface area (Å²) in [6.07, 6.45) is 1.77. The van der Waals surface area contributed by atoms with Gasteiger partial charge >= 0.3 is 0 Å². The van der Waals surface area contributed by atoms with E-state index in [0.29, 0.717) is 18.1 Å². The van der Waals surface area contributed by atoms with Gasteiger partial charge in [-0.25, -0.2) is 4.98 Å². The number of carbonyl (C=O) groups is 1. The highest BCUT2D eigenvalue weighted by molar-refractivity contribution is 5.92. The Morgan fingerprint density at radius 1 is 1.32 bits per heavy atom. The Morgan fingerprint density at radius 3 is 2.77 bits per heavy atom. The summed E-state index contributed by atoms with van der Waals surface area (Å²) in [4.78, 5) is 19.6. The van der Waals surface area contributed by atoms with Crippen LogP contribution in [0.15, 0.2) is 42.6 Å². The third-order valence-electron chi connectivity index (χ3n) is 3.36. The highest BCUT2D eigenvalue weighted by atomic mass is 16.2. The predicted molar refractivity (Wildman–Crippen MR) is 83.1 cm³/mol. The second-order valence-corrected chi connectivity index (χ2v) is 5.09. The number of aryl methyl sites for hydroxylation is 2. The molecule has 0 aliphatic carbocycles. The minimum atomic E-state index is -0.166. The molecule has 0 saturated carbocycles. The van der Waals surface area contributed by atoms with Gasteiger partial charge in [-0.1, -0.05) is 30.3 Å². The second kappa shape index (κ2) is 5.85. The van der Waals surface area contributed by atoms with Gasteiger partial charge in [0.25, 0.3) is 5.91 Å². The van der Waals surface area contributed by atoms with E-state index < -0.39 is 0 Å². The molecule has 112 valence electrons. The second-order valence-electron chi connectivity index (χ2n) is 5.09. The van der Waals surface area contributed by atoms with Crippen molar-refractivity contribution >= 4 is 5.91 Å². The number of benzene rings is 1. The molecule has 22 heavy (non-hydrogen) atoms. The Morgan fingerprint density at radius 2 is 2.09 bits per heavy atom. The maximum absolute atomic E-state index is 12.1. The molecule has 0 saturated heterocycles. The first-order valence-electron chi connectivity index (χ1n) is 7.01. The van der Waals surface area contributed by atoms with E-state index in [1.807, 2.05) is 37.3 Å². The maximum atomic E-state index is 12.1. The molecule has 6 heteroatoms.